The van der Waals surface area contributed by atoms with Crippen molar-refractivity contribution in [2.45, 2.75) is 37.3 Å². The van der Waals surface area contributed by atoms with E-state index in [9.17, 15) is 8.42 Å². The summed E-state index contributed by atoms with van der Waals surface area (Å²) in [5, 5.41) is 2.34. The third-order valence-electron chi connectivity index (χ3n) is 6.03. The highest BCUT2D eigenvalue weighted by molar-refractivity contribution is 7.89. The zero-order chi connectivity index (χ0) is 23.3. The lowest BCUT2D eigenvalue weighted by Gasteiger charge is -2.38. The summed E-state index contributed by atoms with van der Waals surface area (Å²) in [5.41, 5.74) is 1.11. The van der Waals surface area contributed by atoms with E-state index in [1.807, 2.05) is 60.7 Å². The molecule has 3 aromatic carbocycles. The quantitative estimate of drug-likeness (QED) is 0.413. The fraction of sp³-hybridized carbons (Fsp3) is 0.346. The van der Waals surface area contributed by atoms with Gasteiger partial charge in [0.2, 0.25) is 10.0 Å². The van der Waals surface area contributed by atoms with Crippen LogP contribution in [0.1, 0.15) is 25.3 Å². The highest BCUT2D eigenvalue weighted by Crippen LogP contribution is 2.30. The number of ether oxygens (including phenoxy) is 2. The summed E-state index contributed by atoms with van der Waals surface area (Å²) in [7, 11) is -3.71. The van der Waals surface area contributed by atoms with Gasteiger partial charge in [-0.1, -0.05) is 60.7 Å². The minimum atomic E-state index is -3.71. The summed E-state index contributed by atoms with van der Waals surface area (Å²) in [4.78, 5) is 0.302. The zero-order valence-electron chi connectivity index (χ0n) is 18.7. The molecule has 1 heterocycles. The van der Waals surface area contributed by atoms with Crippen molar-refractivity contribution in [1.82, 2.24) is 4.31 Å². The molecule has 1 unspecified atom stereocenters. The van der Waals surface area contributed by atoms with E-state index >= 15 is 0 Å². The number of hydrogen-bond acceptors (Lipinski definition) is 5. The Morgan fingerprint density at radius 3 is 2.45 bits per heavy atom. The topological polar surface area (TPSA) is 55.8 Å². The van der Waals surface area contributed by atoms with Crippen LogP contribution in [0.3, 0.4) is 0 Å². The molecule has 4 rings (SSSR count). The summed E-state index contributed by atoms with van der Waals surface area (Å²) in [6, 6.07) is 22.8. The highest BCUT2D eigenvalue weighted by Gasteiger charge is 2.37. The molecule has 7 heteroatoms. The van der Waals surface area contributed by atoms with Crippen LogP contribution in [-0.2, 0) is 26.1 Å². The smallest absolute Gasteiger partial charge is 0.243 e. The number of thiocarbonyl (C=S) groups is 1. The van der Waals surface area contributed by atoms with Crippen LogP contribution >= 0.6 is 12.2 Å². The molecule has 0 aromatic heterocycles. The van der Waals surface area contributed by atoms with Crippen molar-refractivity contribution < 1.29 is 17.9 Å². The van der Waals surface area contributed by atoms with Gasteiger partial charge in [-0.3, -0.25) is 0 Å². The first-order valence-corrected chi connectivity index (χ1v) is 13.0. The van der Waals surface area contributed by atoms with Crippen LogP contribution in [-0.4, -0.2) is 43.6 Å². The molecule has 1 aliphatic rings. The maximum atomic E-state index is 13.7. The Bertz CT molecular complexity index is 1200. The summed E-state index contributed by atoms with van der Waals surface area (Å²) in [6.07, 6.45) is 1.58. The number of benzene rings is 3. The van der Waals surface area contributed by atoms with Crippen molar-refractivity contribution in [3.8, 4) is 0 Å². The van der Waals surface area contributed by atoms with Crippen LogP contribution in [0.2, 0.25) is 0 Å². The molecule has 0 radical (unpaired) electrons. The third-order valence-corrected chi connectivity index (χ3v) is 8.06. The number of nitrogens with zero attached hydrogens (tertiary/aromatic N) is 1. The maximum Gasteiger partial charge on any atom is 0.243 e. The minimum Gasteiger partial charge on any atom is -0.486 e. The van der Waals surface area contributed by atoms with Gasteiger partial charge in [-0.15, -0.1) is 0 Å². The monoisotopic (exact) mass is 483 g/mol. The number of sulfonamides is 1. The Hall–Kier alpha value is -2.32. The second-order valence-corrected chi connectivity index (χ2v) is 10.9. The van der Waals surface area contributed by atoms with Gasteiger partial charge < -0.3 is 9.47 Å². The molecule has 33 heavy (non-hydrogen) atoms. The van der Waals surface area contributed by atoms with Crippen molar-refractivity contribution in [3.63, 3.8) is 0 Å². The van der Waals surface area contributed by atoms with E-state index in [0.29, 0.717) is 36.1 Å². The fourth-order valence-electron chi connectivity index (χ4n) is 4.26. The molecule has 1 aliphatic heterocycles. The Morgan fingerprint density at radius 2 is 1.70 bits per heavy atom. The van der Waals surface area contributed by atoms with Gasteiger partial charge in [-0.2, -0.15) is 4.31 Å². The first-order chi connectivity index (χ1) is 15.9. The average molecular weight is 484 g/mol. The van der Waals surface area contributed by atoms with Gasteiger partial charge in [0.15, 0.2) is 5.05 Å². The number of piperidine rings is 1. The van der Waals surface area contributed by atoms with E-state index in [1.165, 1.54) is 0 Å². The Kier molecular flexibility index (Phi) is 7.75. The largest absolute Gasteiger partial charge is 0.486 e. The molecule has 0 amide bonds. The van der Waals surface area contributed by atoms with Crippen LogP contribution in [0.4, 0.5) is 0 Å². The predicted octanol–water partition coefficient (Wildman–Crippen LogP) is 5.19. The molecule has 0 aliphatic carbocycles. The zero-order valence-corrected chi connectivity index (χ0v) is 20.4. The lowest BCUT2D eigenvalue weighted by atomic mass is 9.95. The van der Waals surface area contributed by atoms with E-state index in [4.69, 9.17) is 21.7 Å². The molecule has 3 aromatic rings. The van der Waals surface area contributed by atoms with Gasteiger partial charge >= 0.3 is 0 Å². The first kappa shape index (κ1) is 23.8. The second kappa shape index (κ2) is 10.7. The predicted molar refractivity (Wildman–Crippen MR) is 135 cm³/mol. The fourth-order valence-corrected chi connectivity index (χ4v) is 6.08. The molecule has 5 nitrogen and oxygen atoms in total. The first-order valence-electron chi connectivity index (χ1n) is 11.2. The number of fused-ring (bicyclic) bond motifs is 1. The summed E-state index contributed by atoms with van der Waals surface area (Å²) >= 11 is 5.06. The second-order valence-electron chi connectivity index (χ2n) is 8.48. The Labute approximate surface area is 201 Å². The molecule has 1 fully saturated rings. The minimum absolute atomic E-state index is 0.119. The highest BCUT2D eigenvalue weighted by atomic mass is 32.2. The van der Waals surface area contributed by atoms with Gasteiger partial charge in [0.25, 0.3) is 0 Å². The number of hydrogen-bond donors (Lipinski definition) is 0. The third kappa shape index (κ3) is 5.98. The standard InChI is InChI=1S/C26H29NO4S2/c1-20(32)31-19-25-13-11-22(18-30-17-21-7-3-2-4-8-21)16-27(25)33(28,29)26-14-12-23-9-5-6-10-24(23)15-26/h2-10,12,14-15,22,25H,11,13,16-19H2,1H3/t22?,25-/m0/s1. The molecular formula is C26H29NO4S2. The van der Waals surface area contributed by atoms with Gasteiger partial charge in [-0.05, 0) is 59.4 Å². The normalized spacial score (nSPS) is 19.4. The van der Waals surface area contributed by atoms with Crippen molar-refractivity contribution >= 4 is 38.1 Å². The molecule has 0 bridgehead atoms. The lowest BCUT2D eigenvalue weighted by Crippen LogP contribution is -2.49. The molecule has 1 saturated heterocycles. The van der Waals surface area contributed by atoms with Crippen molar-refractivity contribution in [2.75, 3.05) is 19.8 Å². The molecule has 2 atom stereocenters. The van der Waals surface area contributed by atoms with Crippen LogP contribution in [0, 0.1) is 5.92 Å². The summed E-state index contributed by atoms with van der Waals surface area (Å²) < 4.78 is 40.6. The average Bonchev–Trinajstić information content (AvgIpc) is 2.83. The van der Waals surface area contributed by atoms with E-state index in [0.717, 1.165) is 22.8 Å². The van der Waals surface area contributed by atoms with Gasteiger partial charge in [0.05, 0.1) is 24.2 Å². The van der Waals surface area contributed by atoms with Crippen LogP contribution in [0.5, 0.6) is 0 Å². The van der Waals surface area contributed by atoms with E-state index in [1.54, 1.807) is 23.4 Å². The summed E-state index contributed by atoms with van der Waals surface area (Å²) in [6.45, 7) is 3.40. The molecule has 0 spiro atoms. The van der Waals surface area contributed by atoms with Crippen LogP contribution < -0.4 is 0 Å². The molecule has 174 valence electrons. The maximum absolute atomic E-state index is 13.7. The van der Waals surface area contributed by atoms with E-state index < -0.39 is 10.0 Å². The van der Waals surface area contributed by atoms with Crippen LogP contribution in [0.25, 0.3) is 10.8 Å². The van der Waals surface area contributed by atoms with E-state index in [-0.39, 0.29) is 18.6 Å². The van der Waals surface area contributed by atoms with Gasteiger partial charge in [0.1, 0.15) is 6.61 Å². The van der Waals surface area contributed by atoms with Crippen molar-refractivity contribution in [1.29, 1.82) is 0 Å². The molecular weight excluding hydrogens is 454 g/mol. The van der Waals surface area contributed by atoms with E-state index in [2.05, 4.69) is 0 Å². The Balaban J connectivity index is 1.52. The van der Waals surface area contributed by atoms with Gasteiger partial charge in [0, 0.05) is 13.5 Å². The SMILES string of the molecule is CC(=S)OC[C@@H]1CCC(COCc2ccccc2)CN1S(=O)(=O)c1ccc2ccccc2c1. The molecule has 0 N–H and O–H groups in total. The lowest BCUT2D eigenvalue weighted by molar-refractivity contribution is 0.0481. The summed E-state index contributed by atoms with van der Waals surface area (Å²) in [5.74, 6) is 0.119. The Morgan fingerprint density at radius 1 is 0.970 bits per heavy atom. The van der Waals surface area contributed by atoms with Crippen LogP contribution in [0.15, 0.2) is 77.7 Å². The van der Waals surface area contributed by atoms with Crippen molar-refractivity contribution in [2.24, 2.45) is 5.92 Å². The molecule has 0 saturated carbocycles. The van der Waals surface area contributed by atoms with Gasteiger partial charge in [-0.25, -0.2) is 8.42 Å². The van der Waals surface area contributed by atoms with Crippen molar-refractivity contribution in [3.05, 3.63) is 78.4 Å². The number of rotatable bonds is 8.